The molecule has 0 spiro atoms. The summed E-state index contributed by atoms with van der Waals surface area (Å²) >= 11 is 0. The predicted octanol–water partition coefficient (Wildman–Crippen LogP) is 0.310. The van der Waals surface area contributed by atoms with Gasteiger partial charge in [-0.2, -0.15) is 5.26 Å². The third-order valence-electron chi connectivity index (χ3n) is 2.41. The van der Waals surface area contributed by atoms with Crippen LogP contribution in [0.1, 0.15) is 12.8 Å². The van der Waals surface area contributed by atoms with Crippen molar-refractivity contribution in [1.29, 1.82) is 5.26 Å². The van der Waals surface area contributed by atoms with Gasteiger partial charge in [-0.25, -0.2) is 0 Å². The second kappa shape index (κ2) is 4.97. The van der Waals surface area contributed by atoms with E-state index in [1.165, 1.54) is 0 Å². The van der Waals surface area contributed by atoms with Crippen LogP contribution < -0.4 is 0 Å². The summed E-state index contributed by atoms with van der Waals surface area (Å²) in [5, 5.41) is 8.77. The van der Waals surface area contributed by atoms with Gasteiger partial charge < -0.3 is 9.80 Å². The van der Waals surface area contributed by atoms with E-state index in [-0.39, 0.29) is 11.8 Å². The summed E-state index contributed by atoms with van der Waals surface area (Å²) in [6, 6.07) is 2.23. The topological polar surface area (TPSA) is 47.3 Å². The van der Waals surface area contributed by atoms with Gasteiger partial charge in [-0.15, -0.1) is 0 Å². The molecule has 0 aromatic heterocycles. The largest absolute Gasteiger partial charge is 0.340 e. The lowest BCUT2D eigenvalue weighted by Gasteiger charge is -2.30. The molecule has 4 heteroatoms. The zero-order valence-corrected chi connectivity index (χ0v) is 8.86. The number of carbonyl (C=O) groups excluding carboxylic acids is 1. The Bertz CT molecular complexity index is 244. The highest BCUT2D eigenvalue weighted by atomic mass is 16.2. The fourth-order valence-corrected chi connectivity index (χ4v) is 1.68. The Morgan fingerprint density at radius 2 is 2.36 bits per heavy atom. The number of nitriles is 1. The summed E-state index contributed by atoms with van der Waals surface area (Å²) in [6.45, 7) is 1.87. The lowest BCUT2D eigenvalue weighted by Crippen LogP contribution is -2.43. The summed E-state index contributed by atoms with van der Waals surface area (Å²) in [4.78, 5) is 15.3. The van der Waals surface area contributed by atoms with E-state index in [1.807, 2.05) is 19.0 Å². The normalized spacial score (nSPS) is 22.1. The van der Waals surface area contributed by atoms with Crippen LogP contribution in [0.25, 0.3) is 0 Å². The van der Waals surface area contributed by atoms with Gasteiger partial charge in [0.2, 0.25) is 5.91 Å². The van der Waals surface area contributed by atoms with Crippen LogP contribution in [-0.4, -0.2) is 49.4 Å². The van der Waals surface area contributed by atoms with E-state index in [9.17, 15) is 4.79 Å². The summed E-state index contributed by atoms with van der Waals surface area (Å²) in [5.41, 5.74) is 0. The van der Waals surface area contributed by atoms with E-state index in [0.717, 1.165) is 19.4 Å². The summed E-state index contributed by atoms with van der Waals surface area (Å²) in [6.07, 6.45) is 1.89. The number of hydrogen-bond donors (Lipinski definition) is 0. The first-order chi connectivity index (χ1) is 6.63. The number of likely N-dealkylation sites (tertiary alicyclic amines) is 1. The fourth-order valence-electron chi connectivity index (χ4n) is 1.68. The van der Waals surface area contributed by atoms with Gasteiger partial charge in [0.25, 0.3) is 0 Å². The Morgan fingerprint density at radius 1 is 1.64 bits per heavy atom. The molecule has 1 amide bonds. The van der Waals surface area contributed by atoms with Crippen LogP contribution in [-0.2, 0) is 4.79 Å². The Hall–Kier alpha value is -1.08. The molecule has 1 rings (SSSR count). The van der Waals surface area contributed by atoms with Crippen LogP contribution in [0.15, 0.2) is 0 Å². The third-order valence-corrected chi connectivity index (χ3v) is 2.41. The first kappa shape index (κ1) is 11.0. The molecular weight excluding hydrogens is 178 g/mol. The van der Waals surface area contributed by atoms with E-state index in [4.69, 9.17) is 5.26 Å². The molecule has 0 N–H and O–H groups in total. The maximum Gasteiger partial charge on any atom is 0.236 e. The van der Waals surface area contributed by atoms with Crippen molar-refractivity contribution in [2.24, 2.45) is 5.92 Å². The number of piperidine rings is 1. The van der Waals surface area contributed by atoms with Crippen molar-refractivity contribution in [2.75, 3.05) is 33.7 Å². The SMILES string of the molecule is CN(C)CC(=O)N1CCCC(C#N)C1. The third kappa shape index (κ3) is 3.00. The molecular formula is C10H17N3O. The first-order valence-corrected chi connectivity index (χ1v) is 4.95. The monoisotopic (exact) mass is 195 g/mol. The standard InChI is InChI=1S/C10H17N3O/c1-12(2)8-10(14)13-5-3-4-9(6-11)7-13/h9H,3-5,7-8H2,1-2H3. The molecule has 4 nitrogen and oxygen atoms in total. The van der Waals surface area contributed by atoms with Crippen LogP contribution in [0.3, 0.4) is 0 Å². The Kier molecular flexibility index (Phi) is 3.90. The highest BCUT2D eigenvalue weighted by Crippen LogP contribution is 2.15. The summed E-state index contributed by atoms with van der Waals surface area (Å²) in [5.74, 6) is 0.171. The maximum absolute atomic E-state index is 11.6. The zero-order chi connectivity index (χ0) is 10.6. The minimum Gasteiger partial charge on any atom is -0.340 e. The van der Waals surface area contributed by atoms with Crippen molar-refractivity contribution in [2.45, 2.75) is 12.8 Å². The van der Waals surface area contributed by atoms with Crippen molar-refractivity contribution in [3.05, 3.63) is 0 Å². The smallest absolute Gasteiger partial charge is 0.236 e. The van der Waals surface area contributed by atoms with Gasteiger partial charge in [0.05, 0.1) is 18.5 Å². The molecule has 0 aromatic carbocycles. The van der Waals surface area contributed by atoms with Crippen LogP contribution in [0.4, 0.5) is 0 Å². The second-order valence-corrected chi connectivity index (χ2v) is 4.05. The molecule has 0 radical (unpaired) electrons. The van der Waals surface area contributed by atoms with E-state index >= 15 is 0 Å². The molecule has 1 fully saturated rings. The van der Waals surface area contributed by atoms with Crippen molar-refractivity contribution in [3.8, 4) is 6.07 Å². The molecule has 1 heterocycles. The van der Waals surface area contributed by atoms with Gasteiger partial charge in [-0.05, 0) is 26.9 Å². The van der Waals surface area contributed by atoms with Crippen LogP contribution >= 0.6 is 0 Å². The average Bonchev–Trinajstić information content (AvgIpc) is 2.17. The highest BCUT2D eigenvalue weighted by molar-refractivity contribution is 5.78. The molecule has 14 heavy (non-hydrogen) atoms. The maximum atomic E-state index is 11.6. The van der Waals surface area contributed by atoms with Gasteiger partial charge in [0.1, 0.15) is 0 Å². The van der Waals surface area contributed by atoms with E-state index in [1.54, 1.807) is 4.90 Å². The first-order valence-electron chi connectivity index (χ1n) is 4.95. The molecule has 0 aromatic rings. The van der Waals surface area contributed by atoms with Crippen molar-refractivity contribution < 1.29 is 4.79 Å². The molecule has 1 atom stereocenters. The quantitative estimate of drug-likeness (QED) is 0.637. The van der Waals surface area contributed by atoms with Crippen molar-refractivity contribution >= 4 is 5.91 Å². The molecule has 1 aliphatic heterocycles. The fraction of sp³-hybridized carbons (Fsp3) is 0.800. The van der Waals surface area contributed by atoms with Gasteiger partial charge >= 0.3 is 0 Å². The number of nitrogens with zero attached hydrogens (tertiary/aromatic N) is 3. The Balaban J connectivity index is 2.44. The van der Waals surface area contributed by atoms with Gasteiger partial charge in [-0.1, -0.05) is 0 Å². The molecule has 78 valence electrons. The summed E-state index contributed by atoms with van der Waals surface area (Å²) in [7, 11) is 3.76. The zero-order valence-electron chi connectivity index (χ0n) is 8.86. The van der Waals surface area contributed by atoms with Gasteiger partial charge in [0, 0.05) is 13.1 Å². The number of amides is 1. The van der Waals surface area contributed by atoms with Crippen LogP contribution in [0.5, 0.6) is 0 Å². The van der Waals surface area contributed by atoms with Crippen LogP contribution in [0.2, 0.25) is 0 Å². The second-order valence-electron chi connectivity index (χ2n) is 4.05. The molecule has 0 saturated carbocycles. The lowest BCUT2D eigenvalue weighted by atomic mass is 10.00. The van der Waals surface area contributed by atoms with Gasteiger partial charge in [-0.3, -0.25) is 4.79 Å². The van der Waals surface area contributed by atoms with Gasteiger partial charge in [0.15, 0.2) is 0 Å². The molecule has 1 aliphatic rings. The molecule has 0 aliphatic carbocycles. The van der Waals surface area contributed by atoms with E-state index in [0.29, 0.717) is 13.1 Å². The minimum absolute atomic E-state index is 0.0369. The minimum atomic E-state index is 0.0369. The van der Waals surface area contributed by atoms with Crippen LogP contribution in [0, 0.1) is 17.2 Å². The van der Waals surface area contributed by atoms with E-state index < -0.39 is 0 Å². The Morgan fingerprint density at radius 3 is 2.93 bits per heavy atom. The molecule has 0 bridgehead atoms. The van der Waals surface area contributed by atoms with Crippen molar-refractivity contribution in [1.82, 2.24) is 9.80 Å². The predicted molar refractivity (Wildman–Crippen MR) is 53.5 cm³/mol. The Labute approximate surface area is 85.1 Å². The molecule has 1 saturated heterocycles. The lowest BCUT2D eigenvalue weighted by molar-refractivity contribution is -0.133. The average molecular weight is 195 g/mol. The molecule has 1 unspecified atom stereocenters. The highest BCUT2D eigenvalue weighted by Gasteiger charge is 2.23. The van der Waals surface area contributed by atoms with Crippen molar-refractivity contribution in [3.63, 3.8) is 0 Å². The number of likely N-dealkylation sites (N-methyl/N-ethyl adjacent to an activating group) is 1. The van der Waals surface area contributed by atoms with E-state index in [2.05, 4.69) is 6.07 Å². The number of rotatable bonds is 2. The number of carbonyl (C=O) groups is 1. The summed E-state index contributed by atoms with van der Waals surface area (Å²) < 4.78 is 0. The number of hydrogen-bond acceptors (Lipinski definition) is 3.